The molecule has 1 aromatic carbocycles. The number of carbonyl (C=O) groups excluding carboxylic acids is 2. The Balaban J connectivity index is 1.56. The summed E-state index contributed by atoms with van der Waals surface area (Å²) in [5.74, 6) is -0.152. The molecule has 0 saturated heterocycles. The molecule has 0 radical (unpaired) electrons. The van der Waals surface area contributed by atoms with Crippen LogP contribution < -0.4 is 10.7 Å². The first-order valence-electron chi connectivity index (χ1n) is 9.89. The zero-order valence-electron chi connectivity index (χ0n) is 17.1. The predicted molar refractivity (Wildman–Crippen MR) is 116 cm³/mol. The van der Waals surface area contributed by atoms with Crippen LogP contribution in [0.25, 0.3) is 0 Å². The molecule has 0 saturated carbocycles. The van der Waals surface area contributed by atoms with Gasteiger partial charge in [0.1, 0.15) is 5.76 Å². The second-order valence-electron chi connectivity index (χ2n) is 7.21. The number of carbonyl (C=O) groups is 2. The van der Waals surface area contributed by atoms with Crippen LogP contribution in [-0.2, 0) is 6.42 Å². The van der Waals surface area contributed by atoms with E-state index in [0.717, 1.165) is 6.42 Å². The van der Waals surface area contributed by atoms with Crippen LogP contribution in [0.1, 0.15) is 50.6 Å². The standard InChI is InChI=1S/C22H19N5O5/c1-13-19-17(25-26-21(28)14-5-2-7-16(11-14)27(30)31)8-3-9-18(19)32-20(13)22(29)24-15-6-4-10-23-12-15/h2,4-7,10-12H,3,8-9H2,1H3,(H,24,29)(H,26,28)/b25-17+. The average Bonchev–Trinajstić information content (AvgIpc) is 3.15. The van der Waals surface area contributed by atoms with Crippen LogP contribution in [0.3, 0.4) is 0 Å². The molecule has 0 spiro atoms. The number of pyridine rings is 1. The van der Waals surface area contributed by atoms with Crippen molar-refractivity contribution in [3.8, 4) is 0 Å². The number of hydrogen-bond acceptors (Lipinski definition) is 7. The highest BCUT2D eigenvalue weighted by Gasteiger charge is 2.28. The van der Waals surface area contributed by atoms with Crippen LogP contribution in [-0.4, -0.2) is 27.4 Å². The molecular weight excluding hydrogens is 414 g/mol. The van der Waals surface area contributed by atoms with Crippen molar-refractivity contribution in [3.05, 3.63) is 87.1 Å². The molecule has 2 aromatic heterocycles. The highest BCUT2D eigenvalue weighted by molar-refractivity contribution is 6.09. The van der Waals surface area contributed by atoms with Gasteiger partial charge < -0.3 is 9.73 Å². The minimum Gasteiger partial charge on any atom is -0.455 e. The van der Waals surface area contributed by atoms with Gasteiger partial charge >= 0.3 is 0 Å². The SMILES string of the molecule is Cc1c(C(=O)Nc2cccnc2)oc2c1/C(=N/NC(=O)c1cccc([N+](=O)[O-])c1)CCC2. The first-order valence-corrected chi connectivity index (χ1v) is 9.89. The lowest BCUT2D eigenvalue weighted by atomic mass is 9.93. The number of aromatic nitrogens is 1. The van der Waals surface area contributed by atoms with E-state index in [0.29, 0.717) is 41.1 Å². The molecule has 2 heterocycles. The summed E-state index contributed by atoms with van der Waals surface area (Å²) < 4.78 is 5.83. The number of nitrogens with zero attached hydrogens (tertiary/aromatic N) is 3. The summed E-state index contributed by atoms with van der Waals surface area (Å²) in [4.78, 5) is 39.5. The van der Waals surface area contributed by atoms with Gasteiger partial charge in [-0.3, -0.25) is 24.7 Å². The fourth-order valence-corrected chi connectivity index (χ4v) is 3.56. The first-order chi connectivity index (χ1) is 15.4. The van der Waals surface area contributed by atoms with Gasteiger partial charge in [-0.15, -0.1) is 0 Å². The number of furan rings is 1. The number of aryl methyl sites for hydroxylation is 1. The third-order valence-electron chi connectivity index (χ3n) is 5.06. The number of nitro benzene ring substituents is 1. The monoisotopic (exact) mass is 433 g/mol. The zero-order chi connectivity index (χ0) is 22.7. The number of hydrazone groups is 1. The minimum absolute atomic E-state index is 0.125. The fourth-order valence-electron chi connectivity index (χ4n) is 3.56. The molecule has 0 fully saturated rings. The summed E-state index contributed by atoms with van der Waals surface area (Å²) in [5, 5.41) is 17.9. The quantitative estimate of drug-likeness (QED) is 0.465. The normalized spacial score (nSPS) is 14.0. The lowest BCUT2D eigenvalue weighted by molar-refractivity contribution is -0.384. The zero-order valence-corrected chi connectivity index (χ0v) is 17.1. The maximum atomic E-state index is 12.7. The Labute approximate surface area is 182 Å². The lowest BCUT2D eigenvalue weighted by Crippen LogP contribution is -2.22. The Morgan fingerprint density at radius 2 is 2.03 bits per heavy atom. The maximum absolute atomic E-state index is 12.7. The molecule has 0 atom stereocenters. The molecule has 10 nitrogen and oxygen atoms in total. The van der Waals surface area contributed by atoms with Crippen molar-refractivity contribution < 1.29 is 18.9 Å². The van der Waals surface area contributed by atoms with Crippen molar-refractivity contribution in [1.29, 1.82) is 0 Å². The van der Waals surface area contributed by atoms with Crippen LogP contribution in [0.5, 0.6) is 0 Å². The number of benzene rings is 1. The first kappa shape index (κ1) is 20.9. The Morgan fingerprint density at radius 3 is 2.78 bits per heavy atom. The number of anilines is 1. The second kappa shape index (κ2) is 8.80. The summed E-state index contributed by atoms with van der Waals surface area (Å²) in [6, 6.07) is 8.84. The second-order valence-corrected chi connectivity index (χ2v) is 7.21. The average molecular weight is 433 g/mol. The van der Waals surface area contributed by atoms with Gasteiger partial charge in [0.2, 0.25) is 0 Å². The molecule has 1 aliphatic rings. The molecule has 10 heteroatoms. The van der Waals surface area contributed by atoms with Gasteiger partial charge in [0.05, 0.1) is 22.5 Å². The van der Waals surface area contributed by atoms with E-state index in [9.17, 15) is 19.7 Å². The summed E-state index contributed by atoms with van der Waals surface area (Å²) in [6.45, 7) is 1.77. The number of hydrogen-bond donors (Lipinski definition) is 2. The summed E-state index contributed by atoms with van der Waals surface area (Å²) in [5.41, 5.74) is 4.87. The van der Waals surface area contributed by atoms with E-state index in [1.165, 1.54) is 30.5 Å². The van der Waals surface area contributed by atoms with E-state index < -0.39 is 16.7 Å². The van der Waals surface area contributed by atoms with Crippen molar-refractivity contribution >= 4 is 28.9 Å². The van der Waals surface area contributed by atoms with E-state index in [1.807, 2.05) is 0 Å². The molecule has 0 bridgehead atoms. The van der Waals surface area contributed by atoms with Crippen LogP contribution in [0.2, 0.25) is 0 Å². The number of rotatable bonds is 5. The van der Waals surface area contributed by atoms with Crippen LogP contribution in [0, 0.1) is 17.0 Å². The summed E-state index contributed by atoms with van der Waals surface area (Å²) >= 11 is 0. The Hall–Kier alpha value is -4.34. The Bertz CT molecular complexity index is 1230. The van der Waals surface area contributed by atoms with Gasteiger partial charge in [-0.2, -0.15) is 5.10 Å². The smallest absolute Gasteiger partial charge is 0.291 e. The Morgan fingerprint density at radius 1 is 1.19 bits per heavy atom. The molecule has 1 aliphatic carbocycles. The van der Waals surface area contributed by atoms with Gasteiger partial charge in [-0.1, -0.05) is 6.07 Å². The number of nitro groups is 1. The third kappa shape index (κ3) is 4.24. The van der Waals surface area contributed by atoms with Gasteiger partial charge in [0.25, 0.3) is 17.5 Å². The van der Waals surface area contributed by atoms with E-state index in [1.54, 1.807) is 25.3 Å². The van der Waals surface area contributed by atoms with Crippen molar-refractivity contribution in [1.82, 2.24) is 10.4 Å². The van der Waals surface area contributed by atoms with E-state index in [4.69, 9.17) is 4.42 Å². The molecular formula is C22H19N5O5. The molecule has 32 heavy (non-hydrogen) atoms. The molecule has 2 N–H and O–H groups in total. The molecule has 0 aliphatic heterocycles. The van der Waals surface area contributed by atoms with E-state index in [-0.39, 0.29) is 17.0 Å². The topological polar surface area (TPSA) is 140 Å². The van der Waals surface area contributed by atoms with Gasteiger partial charge in [-0.05, 0) is 38.0 Å². The summed E-state index contributed by atoms with van der Waals surface area (Å²) in [7, 11) is 0. The highest BCUT2D eigenvalue weighted by Crippen LogP contribution is 2.30. The van der Waals surface area contributed by atoms with Gasteiger partial charge in [-0.25, -0.2) is 5.43 Å². The van der Waals surface area contributed by atoms with Crippen molar-refractivity contribution in [2.45, 2.75) is 26.2 Å². The number of non-ortho nitro benzene ring substituents is 1. The van der Waals surface area contributed by atoms with Crippen molar-refractivity contribution in [3.63, 3.8) is 0 Å². The van der Waals surface area contributed by atoms with Gasteiger partial charge in [0.15, 0.2) is 5.76 Å². The molecule has 3 aromatic rings. The molecule has 4 rings (SSSR count). The van der Waals surface area contributed by atoms with Crippen molar-refractivity contribution in [2.75, 3.05) is 5.32 Å². The summed E-state index contributed by atoms with van der Waals surface area (Å²) in [6.07, 6.45) is 5.12. The fraction of sp³-hybridized carbons (Fsp3) is 0.182. The predicted octanol–water partition coefficient (Wildman–Crippen LogP) is 3.61. The molecule has 162 valence electrons. The highest BCUT2D eigenvalue weighted by atomic mass is 16.6. The Kier molecular flexibility index (Phi) is 5.75. The van der Waals surface area contributed by atoms with E-state index in [2.05, 4.69) is 20.8 Å². The third-order valence-corrected chi connectivity index (χ3v) is 5.06. The van der Waals surface area contributed by atoms with Crippen LogP contribution >= 0.6 is 0 Å². The number of fused-ring (bicyclic) bond motifs is 1. The maximum Gasteiger partial charge on any atom is 0.291 e. The van der Waals surface area contributed by atoms with Crippen LogP contribution in [0.4, 0.5) is 11.4 Å². The number of amides is 2. The minimum atomic E-state index is -0.566. The largest absolute Gasteiger partial charge is 0.455 e. The lowest BCUT2D eigenvalue weighted by Gasteiger charge is -2.13. The van der Waals surface area contributed by atoms with Crippen molar-refractivity contribution in [2.24, 2.45) is 5.10 Å². The van der Waals surface area contributed by atoms with Crippen LogP contribution in [0.15, 0.2) is 58.3 Å². The molecule has 0 unspecified atom stereocenters. The van der Waals surface area contributed by atoms with Gasteiger partial charge in [0, 0.05) is 41.4 Å². The molecule has 2 amide bonds. The van der Waals surface area contributed by atoms with E-state index >= 15 is 0 Å². The number of nitrogens with one attached hydrogen (secondary N) is 2.